The number of hydrogen-bond acceptors (Lipinski definition) is 7. The lowest BCUT2D eigenvalue weighted by molar-refractivity contribution is -0.137. The Balaban J connectivity index is 1.22. The van der Waals surface area contributed by atoms with Crippen molar-refractivity contribution in [3.63, 3.8) is 0 Å². The van der Waals surface area contributed by atoms with Crippen LogP contribution in [0.2, 0.25) is 0 Å². The van der Waals surface area contributed by atoms with Crippen molar-refractivity contribution in [2.75, 3.05) is 42.5 Å². The van der Waals surface area contributed by atoms with Crippen LogP contribution >= 0.6 is 0 Å². The highest BCUT2D eigenvalue weighted by atomic mass is 19.4. The van der Waals surface area contributed by atoms with E-state index in [1.807, 2.05) is 50.6 Å². The van der Waals surface area contributed by atoms with Gasteiger partial charge in [-0.1, -0.05) is 0 Å². The van der Waals surface area contributed by atoms with E-state index in [1.165, 1.54) is 6.07 Å². The number of hydrogen-bond donors (Lipinski definition) is 1. The van der Waals surface area contributed by atoms with Gasteiger partial charge in [0.25, 0.3) is 0 Å². The molecule has 0 saturated carbocycles. The molecule has 1 atom stereocenters. The van der Waals surface area contributed by atoms with Gasteiger partial charge in [0.1, 0.15) is 12.2 Å². The van der Waals surface area contributed by atoms with E-state index in [0.717, 1.165) is 23.2 Å². The second-order valence-corrected chi connectivity index (χ2v) is 11.0. The maximum absolute atomic E-state index is 13.7. The lowest BCUT2D eigenvalue weighted by Gasteiger charge is -2.41. The van der Waals surface area contributed by atoms with Gasteiger partial charge in [-0.05, 0) is 56.2 Å². The number of anilines is 2. The Morgan fingerprint density at radius 3 is 2.48 bits per heavy atom. The first kappa shape index (κ1) is 28.0. The number of fused-ring (bicyclic) bond motifs is 1. The number of alkyl halides is 3. The van der Waals surface area contributed by atoms with Gasteiger partial charge >= 0.3 is 6.18 Å². The van der Waals surface area contributed by atoms with E-state index in [0.29, 0.717) is 68.3 Å². The summed E-state index contributed by atoms with van der Waals surface area (Å²) in [6, 6.07) is 9.31. The average Bonchev–Trinajstić information content (AvgIpc) is 3.39. The summed E-state index contributed by atoms with van der Waals surface area (Å²) in [4.78, 5) is 32.4. The van der Waals surface area contributed by atoms with Gasteiger partial charge in [-0.2, -0.15) is 13.2 Å². The molecule has 1 aromatic carbocycles. The third-order valence-corrected chi connectivity index (χ3v) is 8.14. The lowest BCUT2D eigenvalue weighted by atomic mass is 10.0. The van der Waals surface area contributed by atoms with Crippen LogP contribution < -0.4 is 9.80 Å². The summed E-state index contributed by atoms with van der Waals surface area (Å²) in [6.07, 6.45) is 3.08. The first-order chi connectivity index (χ1) is 20.2. The van der Waals surface area contributed by atoms with Crippen molar-refractivity contribution in [1.29, 1.82) is 0 Å². The quantitative estimate of drug-likeness (QED) is 0.379. The Morgan fingerprint density at radius 1 is 1.00 bits per heavy atom. The minimum Gasteiger partial charge on any atom is -0.393 e. The predicted molar refractivity (Wildman–Crippen MR) is 153 cm³/mol. The zero-order valence-electron chi connectivity index (χ0n) is 23.2. The molecule has 0 spiro atoms. The fourth-order valence-corrected chi connectivity index (χ4v) is 5.84. The van der Waals surface area contributed by atoms with Crippen molar-refractivity contribution < 1.29 is 23.1 Å². The van der Waals surface area contributed by atoms with E-state index in [4.69, 9.17) is 0 Å². The maximum atomic E-state index is 13.7. The van der Waals surface area contributed by atoms with Crippen LogP contribution in [0.25, 0.3) is 22.2 Å². The molecule has 220 valence electrons. The molecule has 1 amide bonds. The molecule has 9 nitrogen and oxygen atoms in total. The number of carbonyl (C=O) groups is 1. The first-order valence-corrected chi connectivity index (χ1v) is 14.1. The highest BCUT2D eigenvalue weighted by Gasteiger charge is 2.33. The van der Waals surface area contributed by atoms with E-state index >= 15 is 0 Å². The molecule has 0 bridgehead atoms. The van der Waals surface area contributed by atoms with Crippen molar-refractivity contribution in [2.45, 2.75) is 44.6 Å². The molecule has 3 aromatic heterocycles. The van der Waals surface area contributed by atoms with E-state index in [1.54, 1.807) is 18.6 Å². The third kappa shape index (κ3) is 5.63. The Morgan fingerprint density at radius 2 is 1.76 bits per heavy atom. The van der Waals surface area contributed by atoms with Crippen LogP contribution in [0.1, 0.15) is 25.3 Å². The second-order valence-electron chi connectivity index (χ2n) is 11.0. The minimum absolute atomic E-state index is 0.0350. The van der Waals surface area contributed by atoms with Crippen LogP contribution in [-0.2, 0) is 17.5 Å². The monoisotopic (exact) mass is 579 g/mol. The van der Waals surface area contributed by atoms with Crippen molar-refractivity contribution in [2.24, 2.45) is 0 Å². The van der Waals surface area contributed by atoms with Gasteiger partial charge in [-0.25, -0.2) is 15.0 Å². The van der Waals surface area contributed by atoms with Gasteiger partial charge in [0.2, 0.25) is 11.9 Å². The molecule has 1 N–H and O–H groups in total. The van der Waals surface area contributed by atoms with E-state index in [9.17, 15) is 23.1 Å². The zero-order chi connectivity index (χ0) is 29.4. The number of rotatable bonds is 5. The standard InChI is InChI=1S/C30H32F3N7O2/c1-20-18-38(13-14-40(20)27(42)19-39-10-6-21-3-2-9-34-28(21)39)26-5-4-23(30(31,32)33)15-25(26)22-16-35-29(36-17-22)37-11-7-24(41)8-12-37/h2-6,9-10,15-17,20,24,41H,7-8,11-14,18-19H2,1H3. The number of piperazine rings is 1. The molecule has 2 aliphatic heterocycles. The van der Waals surface area contributed by atoms with Gasteiger partial charge < -0.3 is 24.4 Å². The number of aromatic nitrogens is 4. The zero-order valence-corrected chi connectivity index (χ0v) is 23.2. The molecular weight excluding hydrogens is 547 g/mol. The summed E-state index contributed by atoms with van der Waals surface area (Å²) in [5.41, 5.74) is 1.51. The molecule has 4 aromatic rings. The molecule has 5 heterocycles. The summed E-state index contributed by atoms with van der Waals surface area (Å²) in [6.45, 7) is 4.71. The smallest absolute Gasteiger partial charge is 0.393 e. The number of piperidine rings is 1. The van der Waals surface area contributed by atoms with Crippen LogP contribution in [0.15, 0.2) is 61.2 Å². The highest BCUT2D eigenvalue weighted by Crippen LogP contribution is 2.38. The largest absolute Gasteiger partial charge is 0.416 e. The van der Waals surface area contributed by atoms with Crippen LogP contribution in [0, 0.1) is 0 Å². The summed E-state index contributed by atoms with van der Waals surface area (Å²) in [5.74, 6) is 0.456. The first-order valence-electron chi connectivity index (χ1n) is 14.1. The summed E-state index contributed by atoms with van der Waals surface area (Å²) in [5, 5.41) is 10.7. The number of amides is 1. The molecule has 6 rings (SSSR count). The Hall–Kier alpha value is -4.19. The molecule has 2 saturated heterocycles. The summed E-state index contributed by atoms with van der Waals surface area (Å²) >= 11 is 0. The van der Waals surface area contributed by atoms with Crippen LogP contribution in [0.4, 0.5) is 24.8 Å². The molecule has 2 fully saturated rings. The Labute approximate surface area is 241 Å². The highest BCUT2D eigenvalue weighted by molar-refractivity contribution is 5.82. The number of nitrogens with zero attached hydrogens (tertiary/aromatic N) is 7. The fourth-order valence-electron chi connectivity index (χ4n) is 5.84. The van der Waals surface area contributed by atoms with Crippen LogP contribution in [0.5, 0.6) is 0 Å². The number of pyridine rings is 1. The Bertz CT molecular complexity index is 1570. The van der Waals surface area contributed by atoms with E-state index < -0.39 is 11.7 Å². The van der Waals surface area contributed by atoms with Gasteiger partial charge in [0.05, 0.1) is 11.7 Å². The second kappa shape index (κ2) is 11.2. The van der Waals surface area contributed by atoms with E-state index in [-0.39, 0.29) is 24.6 Å². The minimum atomic E-state index is -4.50. The van der Waals surface area contributed by atoms with Crippen molar-refractivity contribution in [3.05, 3.63) is 66.7 Å². The number of halogens is 3. The molecular formula is C30H32F3N7O2. The molecule has 1 unspecified atom stereocenters. The molecule has 42 heavy (non-hydrogen) atoms. The van der Waals surface area contributed by atoms with Crippen LogP contribution in [-0.4, -0.2) is 80.3 Å². The maximum Gasteiger partial charge on any atom is 0.416 e. The van der Waals surface area contributed by atoms with E-state index in [2.05, 4.69) is 15.0 Å². The molecule has 2 aliphatic rings. The van der Waals surface area contributed by atoms with Gasteiger partial charge in [-0.15, -0.1) is 0 Å². The number of aliphatic hydroxyl groups is 1. The average molecular weight is 580 g/mol. The van der Waals surface area contributed by atoms with Crippen molar-refractivity contribution >= 4 is 28.6 Å². The SMILES string of the molecule is CC1CN(c2ccc(C(F)(F)F)cc2-c2cnc(N3CCC(O)CC3)nc2)CCN1C(=O)Cn1ccc2cccnc21. The van der Waals surface area contributed by atoms with Gasteiger partial charge in [0.15, 0.2) is 0 Å². The lowest BCUT2D eigenvalue weighted by Crippen LogP contribution is -2.54. The fraction of sp³-hybridized carbons (Fsp3) is 0.400. The topological polar surface area (TPSA) is 90.6 Å². The third-order valence-electron chi connectivity index (χ3n) is 8.14. The van der Waals surface area contributed by atoms with Crippen molar-refractivity contribution in [3.8, 4) is 11.1 Å². The molecule has 0 aliphatic carbocycles. The summed E-state index contributed by atoms with van der Waals surface area (Å²) < 4.78 is 43.0. The van der Waals surface area contributed by atoms with Crippen LogP contribution in [0.3, 0.4) is 0 Å². The Kier molecular flexibility index (Phi) is 7.48. The number of carbonyl (C=O) groups excluding carboxylic acids is 1. The van der Waals surface area contributed by atoms with Gasteiger partial charge in [0, 0.05) is 85.8 Å². The summed E-state index contributed by atoms with van der Waals surface area (Å²) in [7, 11) is 0. The van der Waals surface area contributed by atoms with Gasteiger partial charge in [-0.3, -0.25) is 4.79 Å². The number of benzene rings is 1. The van der Waals surface area contributed by atoms with Crippen molar-refractivity contribution in [1.82, 2.24) is 24.4 Å². The number of aliphatic hydroxyl groups excluding tert-OH is 1. The normalized spacial score (nSPS) is 18.6. The molecule has 0 radical (unpaired) electrons. The predicted octanol–water partition coefficient (Wildman–Crippen LogP) is 4.21. The molecule has 12 heteroatoms.